The van der Waals surface area contributed by atoms with Crippen LogP contribution in [0.4, 0.5) is 13.2 Å². The number of likely N-dealkylation sites (tertiary alicyclic amines) is 1. The third kappa shape index (κ3) is 8.27. The Labute approximate surface area is 181 Å². The third-order valence-electron chi connectivity index (χ3n) is 5.37. The number of nitrogens with zero attached hydrogens (tertiary/aromatic N) is 4. The van der Waals surface area contributed by atoms with Gasteiger partial charge in [-0.15, -0.1) is 29.9 Å². The van der Waals surface area contributed by atoms with Crippen molar-refractivity contribution in [2.75, 3.05) is 39.3 Å². The van der Waals surface area contributed by atoms with Crippen molar-refractivity contribution in [1.29, 1.82) is 0 Å². The Bertz CT molecular complexity index is 617. The second kappa shape index (κ2) is 11.9. The quantitative estimate of drug-likeness (QED) is 0.681. The van der Waals surface area contributed by atoms with Crippen molar-refractivity contribution < 1.29 is 18.0 Å². The highest BCUT2D eigenvalue weighted by Gasteiger charge is 2.32. The molecule has 29 heavy (non-hydrogen) atoms. The monoisotopic (exact) mass is 460 g/mol. The van der Waals surface area contributed by atoms with E-state index < -0.39 is 12.7 Å². The van der Waals surface area contributed by atoms with Crippen molar-refractivity contribution in [2.24, 2.45) is 5.92 Å². The van der Waals surface area contributed by atoms with E-state index in [9.17, 15) is 18.0 Å². The first kappa shape index (κ1) is 25.9. The van der Waals surface area contributed by atoms with Gasteiger partial charge in [0.25, 0.3) is 5.91 Å². The highest BCUT2D eigenvalue weighted by atomic mass is 35.5. The summed E-state index contributed by atoms with van der Waals surface area (Å²) >= 11 is 0. The normalized spacial score (nSPS) is 19.3. The van der Waals surface area contributed by atoms with Gasteiger partial charge in [-0.2, -0.15) is 13.2 Å². The van der Waals surface area contributed by atoms with E-state index in [2.05, 4.69) is 20.9 Å². The Morgan fingerprint density at radius 1 is 1.17 bits per heavy atom. The number of hydrogen-bond acceptors (Lipinski definition) is 5. The van der Waals surface area contributed by atoms with Crippen LogP contribution in [0.1, 0.15) is 48.6 Å². The number of amides is 1. The lowest BCUT2D eigenvalue weighted by Gasteiger charge is -2.32. The van der Waals surface area contributed by atoms with Gasteiger partial charge in [-0.05, 0) is 64.2 Å². The number of alkyl halides is 3. The molecule has 2 aliphatic heterocycles. The Kier molecular flexibility index (Phi) is 10.7. The molecule has 2 fully saturated rings. The molecule has 0 radical (unpaired) electrons. The molecule has 12 heteroatoms. The molecule has 0 atom stereocenters. The van der Waals surface area contributed by atoms with Crippen molar-refractivity contribution in [3.8, 4) is 0 Å². The van der Waals surface area contributed by atoms with E-state index in [1.807, 2.05) is 0 Å². The molecule has 0 bridgehead atoms. The minimum Gasteiger partial charge on any atom is -0.351 e. The molecule has 0 aliphatic carbocycles. The van der Waals surface area contributed by atoms with Crippen LogP contribution in [-0.4, -0.2) is 71.2 Å². The number of carbonyl (C=O) groups excluding carboxylic acids is 1. The highest BCUT2D eigenvalue weighted by Crippen LogP contribution is 2.24. The average molecular weight is 461 g/mol. The number of rotatable bonds is 6. The maximum absolute atomic E-state index is 12.4. The van der Waals surface area contributed by atoms with Crippen molar-refractivity contribution in [3.05, 3.63) is 11.9 Å². The molecular weight excluding hydrogens is 432 g/mol. The maximum Gasteiger partial charge on any atom is 0.401 e. The van der Waals surface area contributed by atoms with E-state index in [0.717, 1.165) is 45.2 Å². The van der Waals surface area contributed by atoms with Gasteiger partial charge >= 0.3 is 6.18 Å². The molecule has 0 spiro atoms. The average Bonchev–Trinajstić information content (AvgIpc) is 3.13. The molecule has 168 valence electrons. The summed E-state index contributed by atoms with van der Waals surface area (Å²) in [5.74, 6) is 0.102. The highest BCUT2D eigenvalue weighted by molar-refractivity contribution is 5.91. The molecule has 2 N–H and O–H groups in total. The lowest BCUT2D eigenvalue weighted by atomic mass is 9.93. The van der Waals surface area contributed by atoms with Crippen LogP contribution >= 0.6 is 24.8 Å². The lowest BCUT2D eigenvalue weighted by molar-refractivity contribution is -0.148. The van der Waals surface area contributed by atoms with E-state index in [1.54, 1.807) is 10.9 Å². The summed E-state index contributed by atoms with van der Waals surface area (Å²) in [6, 6.07) is 0.280. The first-order valence-corrected chi connectivity index (χ1v) is 9.60. The van der Waals surface area contributed by atoms with Gasteiger partial charge in [-0.25, -0.2) is 4.68 Å². The lowest BCUT2D eigenvalue weighted by Crippen LogP contribution is -2.40. The predicted octanol–water partition coefficient (Wildman–Crippen LogP) is 2.44. The van der Waals surface area contributed by atoms with Crippen LogP contribution < -0.4 is 10.6 Å². The third-order valence-corrected chi connectivity index (χ3v) is 5.37. The van der Waals surface area contributed by atoms with Gasteiger partial charge in [0, 0.05) is 6.54 Å². The Balaban J connectivity index is 0.00000210. The zero-order valence-corrected chi connectivity index (χ0v) is 17.8. The Morgan fingerprint density at radius 2 is 1.83 bits per heavy atom. The first-order valence-electron chi connectivity index (χ1n) is 9.60. The molecule has 1 aromatic heterocycles. The summed E-state index contributed by atoms with van der Waals surface area (Å²) in [4.78, 5) is 13.7. The fraction of sp³-hybridized carbons (Fsp3) is 0.824. The zero-order valence-electron chi connectivity index (χ0n) is 16.2. The molecule has 1 amide bonds. The molecular formula is C17H29Cl2F3N6O. The molecule has 3 heterocycles. The van der Waals surface area contributed by atoms with Gasteiger partial charge in [0.15, 0.2) is 5.69 Å². The maximum atomic E-state index is 12.4. The van der Waals surface area contributed by atoms with Crippen LogP contribution in [0.3, 0.4) is 0 Å². The topological polar surface area (TPSA) is 75.1 Å². The van der Waals surface area contributed by atoms with Crippen molar-refractivity contribution in [3.63, 3.8) is 0 Å². The van der Waals surface area contributed by atoms with E-state index in [1.165, 1.54) is 4.90 Å². The van der Waals surface area contributed by atoms with Crippen LogP contribution in [0.5, 0.6) is 0 Å². The predicted molar refractivity (Wildman–Crippen MR) is 108 cm³/mol. The zero-order chi connectivity index (χ0) is 19.3. The second-order valence-electron chi connectivity index (χ2n) is 7.44. The van der Waals surface area contributed by atoms with Gasteiger partial charge in [0.2, 0.25) is 0 Å². The largest absolute Gasteiger partial charge is 0.401 e. The number of nitrogens with one attached hydrogen (secondary N) is 2. The smallest absolute Gasteiger partial charge is 0.351 e. The van der Waals surface area contributed by atoms with Gasteiger partial charge in [-0.1, -0.05) is 5.21 Å². The van der Waals surface area contributed by atoms with Crippen molar-refractivity contribution in [1.82, 2.24) is 30.5 Å². The summed E-state index contributed by atoms with van der Waals surface area (Å²) in [5.41, 5.74) is 0.313. The fourth-order valence-corrected chi connectivity index (χ4v) is 3.80. The molecule has 0 saturated carbocycles. The molecule has 1 aromatic rings. The SMILES string of the molecule is Cl.Cl.O=C(NCCC1CCN(CC(F)(F)F)CC1)c1cn(C2CCNCC2)nn1. The Hall–Kier alpha value is -1.10. The summed E-state index contributed by atoms with van der Waals surface area (Å²) < 4.78 is 39.0. The van der Waals surface area contributed by atoms with E-state index in [4.69, 9.17) is 0 Å². The van der Waals surface area contributed by atoms with Crippen LogP contribution in [0, 0.1) is 5.92 Å². The van der Waals surface area contributed by atoms with E-state index >= 15 is 0 Å². The van der Waals surface area contributed by atoms with Gasteiger partial charge < -0.3 is 10.6 Å². The van der Waals surface area contributed by atoms with Gasteiger partial charge in [0.1, 0.15) is 0 Å². The summed E-state index contributed by atoms with van der Waals surface area (Å²) in [7, 11) is 0. The number of hydrogen-bond donors (Lipinski definition) is 2. The minimum atomic E-state index is -4.13. The van der Waals surface area contributed by atoms with Crippen LogP contribution in [0.15, 0.2) is 6.20 Å². The first-order chi connectivity index (χ1) is 12.9. The molecule has 2 aliphatic rings. The van der Waals surface area contributed by atoms with Gasteiger partial charge in [-0.3, -0.25) is 9.69 Å². The van der Waals surface area contributed by atoms with Gasteiger partial charge in [0.05, 0.1) is 18.8 Å². The van der Waals surface area contributed by atoms with Crippen molar-refractivity contribution >= 4 is 30.7 Å². The molecule has 0 unspecified atom stereocenters. The molecule has 0 aromatic carbocycles. The van der Waals surface area contributed by atoms with Crippen LogP contribution in [0.2, 0.25) is 0 Å². The standard InChI is InChI=1S/C17H27F3N6O.2ClH/c18-17(19,20)12-25-9-4-13(5-10-25)1-8-22-16(27)15-11-26(24-23-15)14-2-6-21-7-3-14;;/h11,13-14,21H,1-10,12H2,(H,22,27);2*1H. The summed E-state index contributed by atoms with van der Waals surface area (Å²) in [6.07, 6.45) is 1.74. The summed E-state index contributed by atoms with van der Waals surface area (Å²) in [6.45, 7) is 2.47. The second-order valence-corrected chi connectivity index (χ2v) is 7.44. The van der Waals surface area contributed by atoms with Crippen LogP contribution in [-0.2, 0) is 0 Å². The van der Waals surface area contributed by atoms with Crippen LogP contribution in [0.25, 0.3) is 0 Å². The minimum absolute atomic E-state index is 0. The van der Waals surface area contributed by atoms with Crippen molar-refractivity contribution in [2.45, 2.75) is 44.3 Å². The number of piperidine rings is 2. The number of carbonyl (C=O) groups is 1. The summed E-state index contributed by atoms with van der Waals surface area (Å²) in [5, 5.41) is 14.2. The molecule has 2 saturated heterocycles. The Morgan fingerprint density at radius 3 is 2.45 bits per heavy atom. The number of aromatic nitrogens is 3. The van der Waals surface area contributed by atoms with E-state index in [0.29, 0.717) is 31.2 Å². The molecule has 7 nitrogen and oxygen atoms in total. The number of halogens is 5. The van der Waals surface area contributed by atoms with E-state index in [-0.39, 0.29) is 36.8 Å². The molecule has 3 rings (SSSR count). The fourth-order valence-electron chi connectivity index (χ4n) is 3.80.